The summed E-state index contributed by atoms with van der Waals surface area (Å²) in [7, 11) is 0. The molecule has 0 radical (unpaired) electrons. The Hall–Kier alpha value is -2.67. The number of likely N-dealkylation sites (tertiary alicyclic amines) is 1. The number of carbonyl (C=O) groups is 1. The van der Waals surface area contributed by atoms with Crippen LogP contribution in [0.4, 0.5) is 0 Å². The predicted molar refractivity (Wildman–Crippen MR) is 148 cm³/mol. The number of pyridine rings is 1. The highest BCUT2D eigenvalue weighted by molar-refractivity contribution is 7.99. The fourth-order valence-corrected chi connectivity index (χ4v) is 6.78. The standard InChI is InChI=1S/C30H36N4OS/c35-29(27-22-36-30(33-27)26-13-7-16-31-21-26)32-17-8-18-34-19-14-25(15-20-34)28(23-9-3-1-4-10-23)24-11-5-2-6-12-24/h1-7,9-13,16,21,25,27-28,30,33H,8,14-15,17-20,22H2,(H,32,35). The Morgan fingerprint density at radius 1 is 1.00 bits per heavy atom. The summed E-state index contributed by atoms with van der Waals surface area (Å²) in [5.74, 6) is 2.02. The average Bonchev–Trinajstić information content (AvgIpc) is 3.44. The molecule has 2 saturated heterocycles. The van der Waals surface area contributed by atoms with Gasteiger partial charge in [0.25, 0.3) is 0 Å². The lowest BCUT2D eigenvalue weighted by Gasteiger charge is -2.36. The van der Waals surface area contributed by atoms with Crippen molar-refractivity contribution in [2.75, 3.05) is 31.9 Å². The van der Waals surface area contributed by atoms with Crippen LogP contribution < -0.4 is 10.6 Å². The zero-order valence-electron chi connectivity index (χ0n) is 20.8. The van der Waals surface area contributed by atoms with E-state index in [1.807, 2.05) is 12.3 Å². The van der Waals surface area contributed by atoms with E-state index in [-0.39, 0.29) is 17.3 Å². The molecular weight excluding hydrogens is 464 g/mol. The summed E-state index contributed by atoms with van der Waals surface area (Å²) in [5.41, 5.74) is 3.98. The molecule has 2 aliphatic rings. The Kier molecular flexibility index (Phi) is 8.70. The van der Waals surface area contributed by atoms with Gasteiger partial charge in [-0.15, -0.1) is 11.8 Å². The first-order valence-electron chi connectivity index (χ1n) is 13.2. The van der Waals surface area contributed by atoms with Crippen molar-refractivity contribution in [3.8, 4) is 0 Å². The number of nitrogens with one attached hydrogen (secondary N) is 2. The minimum absolute atomic E-state index is 0.112. The summed E-state index contributed by atoms with van der Waals surface area (Å²) >= 11 is 1.77. The number of nitrogens with zero attached hydrogens (tertiary/aromatic N) is 2. The van der Waals surface area contributed by atoms with E-state index < -0.39 is 0 Å². The SMILES string of the molecule is O=C(NCCCN1CCC(C(c2ccccc2)c2ccccc2)CC1)C1CSC(c2cccnc2)N1. The fourth-order valence-electron chi connectivity index (χ4n) is 5.55. The van der Waals surface area contributed by atoms with Crippen molar-refractivity contribution >= 4 is 17.7 Å². The van der Waals surface area contributed by atoms with E-state index in [0.717, 1.165) is 43.9 Å². The second kappa shape index (κ2) is 12.5. The summed E-state index contributed by atoms with van der Waals surface area (Å²) in [6.45, 7) is 4.03. The maximum absolute atomic E-state index is 12.6. The lowest BCUT2D eigenvalue weighted by Crippen LogP contribution is -2.43. The van der Waals surface area contributed by atoms with Crippen molar-refractivity contribution < 1.29 is 4.79 Å². The molecule has 2 unspecified atom stereocenters. The van der Waals surface area contributed by atoms with Crippen molar-refractivity contribution in [3.63, 3.8) is 0 Å². The molecule has 2 fully saturated rings. The molecular formula is C30H36N4OS. The molecule has 6 heteroatoms. The average molecular weight is 501 g/mol. The first kappa shape index (κ1) is 25.0. The molecule has 1 aromatic heterocycles. The van der Waals surface area contributed by atoms with Gasteiger partial charge in [-0.3, -0.25) is 15.1 Å². The number of hydrogen-bond donors (Lipinski definition) is 2. The topological polar surface area (TPSA) is 57.3 Å². The summed E-state index contributed by atoms with van der Waals surface area (Å²) in [4.78, 5) is 19.4. The van der Waals surface area contributed by atoms with Crippen LogP contribution in [0.2, 0.25) is 0 Å². The molecule has 2 N–H and O–H groups in total. The zero-order valence-corrected chi connectivity index (χ0v) is 21.6. The molecule has 2 atom stereocenters. The highest BCUT2D eigenvalue weighted by Gasteiger charge is 2.31. The van der Waals surface area contributed by atoms with Gasteiger partial charge in [-0.1, -0.05) is 66.7 Å². The molecule has 5 nitrogen and oxygen atoms in total. The Bertz CT molecular complexity index is 1030. The van der Waals surface area contributed by atoms with E-state index >= 15 is 0 Å². The molecule has 5 rings (SSSR count). The zero-order chi connectivity index (χ0) is 24.6. The summed E-state index contributed by atoms with van der Waals surface area (Å²) in [6.07, 6.45) is 7.05. The van der Waals surface area contributed by atoms with Gasteiger partial charge in [0, 0.05) is 30.6 Å². The van der Waals surface area contributed by atoms with Crippen LogP contribution in [-0.2, 0) is 4.79 Å². The van der Waals surface area contributed by atoms with E-state index in [1.165, 1.54) is 24.0 Å². The highest BCUT2D eigenvalue weighted by Crippen LogP contribution is 2.38. The summed E-state index contributed by atoms with van der Waals surface area (Å²) < 4.78 is 0. The monoisotopic (exact) mass is 500 g/mol. The highest BCUT2D eigenvalue weighted by atomic mass is 32.2. The van der Waals surface area contributed by atoms with Crippen molar-refractivity contribution in [1.82, 2.24) is 20.5 Å². The third-order valence-electron chi connectivity index (χ3n) is 7.46. The van der Waals surface area contributed by atoms with Crippen molar-refractivity contribution in [1.29, 1.82) is 0 Å². The number of aromatic nitrogens is 1. The molecule has 2 aromatic carbocycles. The van der Waals surface area contributed by atoms with Crippen molar-refractivity contribution in [2.24, 2.45) is 5.92 Å². The number of thioether (sulfide) groups is 1. The lowest BCUT2D eigenvalue weighted by atomic mass is 9.76. The van der Waals surface area contributed by atoms with Crippen LogP contribution in [0.25, 0.3) is 0 Å². The van der Waals surface area contributed by atoms with Crippen LogP contribution in [0.3, 0.4) is 0 Å². The van der Waals surface area contributed by atoms with Crippen LogP contribution in [0.1, 0.15) is 47.2 Å². The number of piperidine rings is 1. The van der Waals surface area contributed by atoms with E-state index in [9.17, 15) is 4.79 Å². The number of benzene rings is 2. The van der Waals surface area contributed by atoms with E-state index in [2.05, 4.69) is 87.2 Å². The molecule has 188 valence electrons. The Balaban J connectivity index is 1.05. The van der Waals surface area contributed by atoms with Crippen LogP contribution in [-0.4, -0.2) is 53.8 Å². The van der Waals surface area contributed by atoms with E-state index in [4.69, 9.17) is 0 Å². The second-order valence-corrected chi connectivity index (χ2v) is 11.0. The quantitative estimate of drug-likeness (QED) is 0.412. The van der Waals surface area contributed by atoms with Gasteiger partial charge in [0.15, 0.2) is 0 Å². The maximum Gasteiger partial charge on any atom is 0.238 e. The van der Waals surface area contributed by atoms with Gasteiger partial charge in [-0.2, -0.15) is 0 Å². The Morgan fingerprint density at radius 2 is 1.69 bits per heavy atom. The molecule has 0 aliphatic carbocycles. The minimum Gasteiger partial charge on any atom is -0.355 e. The smallest absolute Gasteiger partial charge is 0.238 e. The number of carbonyl (C=O) groups excluding carboxylic acids is 1. The number of amides is 1. The molecule has 3 aromatic rings. The maximum atomic E-state index is 12.6. The molecule has 1 amide bonds. The number of rotatable bonds is 9. The third-order valence-corrected chi connectivity index (χ3v) is 8.72. The lowest BCUT2D eigenvalue weighted by molar-refractivity contribution is -0.122. The van der Waals surface area contributed by atoms with Crippen LogP contribution in [0.15, 0.2) is 85.2 Å². The molecule has 2 aliphatic heterocycles. The molecule has 0 saturated carbocycles. The van der Waals surface area contributed by atoms with Gasteiger partial charge >= 0.3 is 0 Å². The predicted octanol–water partition coefficient (Wildman–Crippen LogP) is 4.84. The van der Waals surface area contributed by atoms with Crippen molar-refractivity contribution in [3.05, 3.63) is 102 Å². The fraction of sp³-hybridized carbons (Fsp3) is 0.400. The minimum atomic E-state index is -0.135. The van der Waals surface area contributed by atoms with Crippen LogP contribution in [0, 0.1) is 5.92 Å². The second-order valence-electron chi connectivity index (χ2n) is 9.84. The molecule has 36 heavy (non-hydrogen) atoms. The Labute approximate surface area is 219 Å². The van der Waals surface area contributed by atoms with Gasteiger partial charge in [0.2, 0.25) is 5.91 Å². The van der Waals surface area contributed by atoms with Crippen LogP contribution in [0.5, 0.6) is 0 Å². The number of hydrogen-bond acceptors (Lipinski definition) is 5. The molecule has 0 spiro atoms. The first-order valence-corrected chi connectivity index (χ1v) is 14.2. The van der Waals surface area contributed by atoms with Gasteiger partial charge in [0.1, 0.15) is 0 Å². The van der Waals surface area contributed by atoms with Crippen LogP contribution >= 0.6 is 11.8 Å². The van der Waals surface area contributed by atoms with E-state index in [0.29, 0.717) is 11.8 Å². The van der Waals surface area contributed by atoms with Crippen molar-refractivity contribution in [2.45, 2.75) is 36.6 Å². The van der Waals surface area contributed by atoms with Gasteiger partial charge < -0.3 is 10.2 Å². The van der Waals surface area contributed by atoms with Gasteiger partial charge in [-0.05, 0) is 67.6 Å². The first-order chi connectivity index (χ1) is 17.8. The summed E-state index contributed by atoms with van der Waals surface area (Å²) in [5, 5.41) is 6.73. The largest absolute Gasteiger partial charge is 0.355 e. The van der Waals surface area contributed by atoms with Gasteiger partial charge in [0.05, 0.1) is 11.4 Å². The molecule has 0 bridgehead atoms. The molecule has 3 heterocycles. The normalized spacial score (nSPS) is 21.0. The van der Waals surface area contributed by atoms with E-state index in [1.54, 1.807) is 18.0 Å². The Morgan fingerprint density at radius 3 is 2.33 bits per heavy atom. The summed E-state index contributed by atoms with van der Waals surface area (Å²) in [6, 6.07) is 25.8. The third kappa shape index (κ3) is 6.36. The van der Waals surface area contributed by atoms with Gasteiger partial charge in [-0.25, -0.2) is 0 Å².